The predicted octanol–water partition coefficient (Wildman–Crippen LogP) is 7.75. The Hall–Kier alpha value is -4.04. The molecular formula is C32H27Cl2N3O3S. The molecule has 0 aliphatic rings. The first-order chi connectivity index (χ1) is 19.7. The zero-order valence-electron chi connectivity index (χ0n) is 22.3. The van der Waals surface area contributed by atoms with Gasteiger partial charge in [0.05, 0.1) is 5.75 Å². The first-order valence-corrected chi connectivity index (χ1v) is 14.4. The topological polar surface area (TPSA) is 87.3 Å². The van der Waals surface area contributed by atoms with Crippen molar-refractivity contribution in [3.8, 4) is 0 Å². The Morgan fingerprint density at radius 3 is 2.00 bits per heavy atom. The maximum atomic E-state index is 13.3. The van der Waals surface area contributed by atoms with E-state index in [2.05, 4.69) is 16.0 Å². The van der Waals surface area contributed by atoms with Gasteiger partial charge >= 0.3 is 0 Å². The van der Waals surface area contributed by atoms with Crippen molar-refractivity contribution in [1.82, 2.24) is 5.32 Å². The number of nitrogens with one attached hydrogen (secondary N) is 3. The smallest absolute Gasteiger partial charge is 0.272 e. The highest BCUT2D eigenvalue weighted by atomic mass is 35.5. The summed E-state index contributed by atoms with van der Waals surface area (Å²) in [5.41, 5.74) is 4.11. The summed E-state index contributed by atoms with van der Waals surface area (Å²) >= 11 is 14.0. The quantitative estimate of drug-likeness (QED) is 0.135. The van der Waals surface area contributed by atoms with Crippen molar-refractivity contribution in [2.75, 3.05) is 16.4 Å². The molecule has 0 aliphatic heterocycles. The molecule has 0 radical (unpaired) electrons. The van der Waals surface area contributed by atoms with Gasteiger partial charge in [-0.1, -0.05) is 65.7 Å². The Bertz CT molecular complexity index is 1570. The van der Waals surface area contributed by atoms with Crippen LogP contribution < -0.4 is 16.0 Å². The molecule has 0 atom stereocenters. The number of aryl methyl sites for hydroxylation is 2. The molecule has 0 heterocycles. The van der Waals surface area contributed by atoms with Crippen molar-refractivity contribution in [2.24, 2.45) is 0 Å². The zero-order chi connectivity index (χ0) is 29.4. The molecular weight excluding hydrogens is 577 g/mol. The minimum atomic E-state index is -0.557. The average Bonchev–Trinajstić information content (AvgIpc) is 2.96. The van der Waals surface area contributed by atoms with Crippen molar-refractivity contribution in [3.63, 3.8) is 0 Å². The molecule has 0 fully saturated rings. The molecule has 208 valence electrons. The highest BCUT2D eigenvalue weighted by molar-refractivity contribution is 8.00. The highest BCUT2D eigenvalue weighted by Gasteiger charge is 2.17. The summed E-state index contributed by atoms with van der Waals surface area (Å²) in [6.45, 7) is 3.92. The van der Waals surface area contributed by atoms with E-state index in [1.54, 1.807) is 60.7 Å². The normalized spacial score (nSPS) is 11.1. The Kier molecular flexibility index (Phi) is 10.2. The van der Waals surface area contributed by atoms with E-state index in [9.17, 15) is 14.4 Å². The summed E-state index contributed by atoms with van der Waals surface area (Å²) in [6.07, 6.45) is 1.44. The Morgan fingerprint density at radius 1 is 0.756 bits per heavy atom. The van der Waals surface area contributed by atoms with E-state index in [1.807, 2.05) is 44.2 Å². The number of hydrogen-bond acceptors (Lipinski definition) is 4. The van der Waals surface area contributed by atoms with Gasteiger partial charge < -0.3 is 16.0 Å². The number of carbonyl (C=O) groups excluding carboxylic acids is 3. The van der Waals surface area contributed by atoms with Gasteiger partial charge in [-0.2, -0.15) is 0 Å². The minimum Gasteiger partial charge on any atom is -0.325 e. The molecule has 4 rings (SSSR count). The van der Waals surface area contributed by atoms with Crippen LogP contribution in [0.5, 0.6) is 0 Å². The van der Waals surface area contributed by atoms with Gasteiger partial charge in [0.2, 0.25) is 5.91 Å². The van der Waals surface area contributed by atoms with E-state index in [-0.39, 0.29) is 17.4 Å². The molecule has 0 unspecified atom stereocenters. The lowest BCUT2D eigenvalue weighted by atomic mass is 10.1. The Labute approximate surface area is 253 Å². The van der Waals surface area contributed by atoms with Gasteiger partial charge in [0.25, 0.3) is 11.8 Å². The number of halogens is 2. The fourth-order valence-corrected chi connectivity index (χ4v) is 5.11. The third-order valence-electron chi connectivity index (χ3n) is 6.04. The Morgan fingerprint density at radius 2 is 1.37 bits per heavy atom. The number of benzene rings is 4. The molecule has 3 amide bonds. The van der Waals surface area contributed by atoms with E-state index in [0.29, 0.717) is 26.9 Å². The predicted molar refractivity (Wildman–Crippen MR) is 169 cm³/mol. The second-order valence-corrected chi connectivity index (χ2v) is 11.0. The molecule has 9 heteroatoms. The van der Waals surface area contributed by atoms with Gasteiger partial charge in [-0.05, 0) is 79.6 Å². The van der Waals surface area contributed by atoms with Gasteiger partial charge in [0.1, 0.15) is 5.70 Å². The van der Waals surface area contributed by atoms with E-state index in [0.717, 1.165) is 21.7 Å². The van der Waals surface area contributed by atoms with Crippen LogP contribution >= 0.6 is 35.0 Å². The Balaban J connectivity index is 1.44. The summed E-state index contributed by atoms with van der Waals surface area (Å²) in [5, 5.41) is 9.11. The number of thioether (sulfide) groups is 1. The van der Waals surface area contributed by atoms with Crippen LogP contribution in [-0.2, 0) is 9.59 Å². The number of rotatable bonds is 9. The van der Waals surface area contributed by atoms with Gasteiger partial charge in [-0.3, -0.25) is 14.4 Å². The van der Waals surface area contributed by atoms with Crippen LogP contribution in [0.25, 0.3) is 6.08 Å². The number of amides is 3. The third kappa shape index (κ3) is 8.24. The third-order valence-corrected chi connectivity index (χ3v) is 7.72. The fraction of sp³-hybridized carbons (Fsp3) is 0.0938. The van der Waals surface area contributed by atoms with Gasteiger partial charge in [-0.15, -0.1) is 11.8 Å². The van der Waals surface area contributed by atoms with E-state index < -0.39 is 11.8 Å². The molecule has 0 saturated heterocycles. The minimum absolute atomic E-state index is 0.0320. The number of para-hydroxylation sites is 1. The van der Waals surface area contributed by atoms with Crippen molar-refractivity contribution >= 4 is 70.1 Å². The monoisotopic (exact) mass is 603 g/mol. The summed E-state index contributed by atoms with van der Waals surface area (Å²) in [5.74, 6) is -0.886. The van der Waals surface area contributed by atoms with Crippen molar-refractivity contribution in [2.45, 2.75) is 18.7 Å². The molecule has 0 aliphatic carbocycles. The zero-order valence-corrected chi connectivity index (χ0v) is 24.7. The molecule has 4 aromatic carbocycles. The van der Waals surface area contributed by atoms with Crippen molar-refractivity contribution < 1.29 is 14.4 Å². The maximum absolute atomic E-state index is 13.3. The molecule has 0 saturated carbocycles. The molecule has 0 spiro atoms. The summed E-state index contributed by atoms with van der Waals surface area (Å²) in [7, 11) is 0. The second kappa shape index (κ2) is 14.0. The van der Waals surface area contributed by atoms with Crippen LogP contribution in [0.4, 0.5) is 11.4 Å². The number of carbonyl (C=O) groups is 3. The van der Waals surface area contributed by atoms with Crippen LogP contribution in [0.3, 0.4) is 0 Å². The van der Waals surface area contributed by atoms with E-state index in [1.165, 1.54) is 17.8 Å². The van der Waals surface area contributed by atoms with Crippen molar-refractivity contribution in [1.29, 1.82) is 0 Å². The number of hydrogen-bond donors (Lipinski definition) is 3. The lowest BCUT2D eigenvalue weighted by Crippen LogP contribution is -2.30. The first-order valence-electron chi connectivity index (χ1n) is 12.6. The van der Waals surface area contributed by atoms with Crippen LogP contribution in [-0.4, -0.2) is 23.5 Å². The van der Waals surface area contributed by atoms with Gasteiger partial charge in [0.15, 0.2) is 0 Å². The highest BCUT2D eigenvalue weighted by Crippen LogP contribution is 2.27. The van der Waals surface area contributed by atoms with Crippen LogP contribution in [0, 0.1) is 13.8 Å². The standard InChI is InChI=1S/C32H27Cl2N3O3S/c1-20-8-6-9-21(2)30(20)37-29(38)19-41-24-16-14-23(15-17-24)35-32(40)28(18-25-26(33)12-7-13-27(25)34)36-31(39)22-10-4-3-5-11-22/h3-18H,19H2,1-2H3,(H,35,40)(H,36,39)(H,37,38)/b28-18-. The average molecular weight is 605 g/mol. The molecule has 6 nitrogen and oxygen atoms in total. The SMILES string of the molecule is Cc1cccc(C)c1NC(=O)CSc1ccc(NC(=O)/C(=C/c2c(Cl)cccc2Cl)NC(=O)c2ccccc2)cc1. The maximum Gasteiger partial charge on any atom is 0.272 e. The molecule has 4 aromatic rings. The molecule has 41 heavy (non-hydrogen) atoms. The molecule has 3 N–H and O–H groups in total. The summed E-state index contributed by atoms with van der Waals surface area (Å²) < 4.78 is 0. The van der Waals surface area contributed by atoms with E-state index >= 15 is 0 Å². The lowest BCUT2D eigenvalue weighted by Gasteiger charge is -2.13. The number of anilines is 2. The lowest BCUT2D eigenvalue weighted by molar-refractivity contribution is -0.114. The van der Waals surface area contributed by atoms with Crippen LogP contribution in [0.1, 0.15) is 27.0 Å². The summed E-state index contributed by atoms with van der Waals surface area (Å²) in [4.78, 5) is 39.5. The second-order valence-electron chi connectivity index (χ2n) is 9.10. The first kappa shape index (κ1) is 29.9. The van der Waals surface area contributed by atoms with E-state index in [4.69, 9.17) is 23.2 Å². The van der Waals surface area contributed by atoms with Crippen LogP contribution in [0.15, 0.2) is 102 Å². The van der Waals surface area contributed by atoms with Crippen LogP contribution in [0.2, 0.25) is 10.0 Å². The summed E-state index contributed by atoms with van der Waals surface area (Å²) in [6, 6.07) is 26.5. The molecule has 0 bridgehead atoms. The van der Waals surface area contributed by atoms with Gasteiger partial charge in [-0.25, -0.2) is 0 Å². The van der Waals surface area contributed by atoms with Gasteiger partial charge in [0, 0.05) is 37.4 Å². The largest absolute Gasteiger partial charge is 0.325 e. The van der Waals surface area contributed by atoms with Crippen molar-refractivity contribution in [3.05, 3.63) is 129 Å². The fourth-order valence-electron chi connectivity index (χ4n) is 3.90. The molecule has 0 aromatic heterocycles.